The number of aromatic amines is 1. The molecule has 0 saturated carbocycles. The Kier molecular flexibility index (Phi) is 5.78. The van der Waals surface area contributed by atoms with E-state index in [1.807, 2.05) is 36.4 Å². The van der Waals surface area contributed by atoms with Crippen LogP contribution in [0.4, 0.5) is 0 Å². The summed E-state index contributed by atoms with van der Waals surface area (Å²) in [6.45, 7) is 4.91. The molecule has 9 heteroatoms. The highest BCUT2D eigenvalue weighted by Gasteiger charge is 2.49. The van der Waals surface area contributed by atoms with E-state index in [1.54, 1.807) is 30.9 Å². The van der Waals surface area contributed by atoms with Gasteiger partial charge in [0.15, 0.2) is 0 Å². The number of H-pyrrole nitrogens is 1. The molecule has 5 rings (SSSR count). The Morgan fingerprint density at radius 2 is 1.72 bits per heavy atom. The van der Waals surface area contributed by atoms with Crippen molar-refractivity contribution in [1.29, 1.82) is 0 Å². The molecule has 0 saturated heterocycles. The molecule has 9 nitrogen and oxygen atoms in total. The summed E-state index contributed by atoms with van der Waals surface area (Å²) < 4.78 is 0. The first-order valence-electron chi connectivity index (χ1n) is 12.0. The van der Waals surface area contributed by atoms with Crippen LogP contribution in [0, 0.1) is 5.92 Å². The Morgan fingerprint density at radius 3 is 2.44 bits per heavy atom. The van der Waals surface area contributed by atoms with Gasteiger partial charge in [0.25, 0.3) is 5.91 Å². The smallest absolute Gasteiger partial charge is 0.325 e. The third kappa shape index (κ3) is 3.71. The molecule has 2 aliphatic rings. The number of nitrogens with zero attached hydrogens (tertiary/aromatic N) is 1. The maximum atomic E-state index is 13.7. The Labute approximate surface area is 207 Å². The van der Waals surface area contributed by atoms with Crippen LogP contribution in [-0.2, 0) is 20.8 Å². The predicted molar refractivity (Wildman–Crippen MR) is 132 cm³/mol. The minimum Gasteiger partial charge on any atom is -0.480 e. The summed E-state index contributed by atoms with van der Waals surface area (Å²) in [7, 11) is 0. The van der Waals surface area contributed by atoms with Crippen LogP contribution in [0.2, 0.25) is 0 Å². The summed E-state index contributed by atoms with van der Waals surface area (Å²) in [4.78, 5) is 56.4. The third-order valence-electron chi connectivity index (χ3n) is 7.13. The zero-order chi connectivity index (χ0) is 25.7. The molecule has 0 spiro atoms. The zero-order valence-corrected chi connectivity index (χ0v) is 20.2. The van der Waals surface area contributed by atoms with E-state index in [0.717, 1.165) is 27.7 Å². The lowest BCUT2D eigenvalue weighted by Crippen LogP contribution is -2.58. The topological polar surface area (TPSA) is 132 Å². The largest absolute Gasteiger partial charge is 0.480 e. The molecule has 4 atom stereocenters. The number of nitrogens with one attached hydrogen (secondary N) is 3. The van der Waals surface area contributed by atoms with Gasteiger partial charge in [-0.15, -0.1) is 0 Å². The van der Waals surface area contributed by atoms with Crippen molar-refractivity contribution in [1.82, 2.24) is 20.5 Å². The Hall–Kier alpha value is -4.14. The number of carbonyl (C=O) groups is 4. The van der Waals surface area contributed by atoms with Gasteiger partial charge >= 0.3 is 5.97 Å². The van der Waals surface area contributed by atoms with Gasteiger partial charge in [0.2, 0.25) is 11.8 Å². The Bertz CT molecular complexity index is 1390. The van der Waals surface area contributed by atoms with E-state index < -0.39 is 42.0 Å². The second kappa shape index (κ2) is 8.82. The fraction of sp³-hybridized carbons (Fsp3) is 0.333. The van der Waals surface area contributed by atoms with Crippen LogP contribution in [-0.4, -0.2) is 56.8 Å². The molecule has 0 bridgehead atoms. The summed E-state index contributed by atoms with van der Waals surface area (Å²) >= 11 is 0. The molecule has 4 N–H and O–H groups in total. The van der Waals surface area contributed by atoms with Gasteiger partial charge in [0.05, 0.1) is 6.04 Å². The highest BCUT2D eigenvalue weighted by Crippen LogP contribution is 2.46. The number of amides is 3. The molecule has 0 aliphatic carbocycles. The molecule has 186 valence electrons. The van der Waals surface area contributed by atoms with Crippen LogP contribution in [0.3, 0.4) is 0 Å². The molecular weight excluding hydrogens is 460 g/mol. The number of para-hydroxylation sites is 1. The van der Waals surface area contributed by atoms with E-state index >= 15 is 0 Å². The van der Waals surface area contributed by atoms with Crippen LogP contribution in [0.15, 0.2) is 48.5 Å². The highest BCUT2D eigenvalue weighted by molar-refractivity contribution is 6.04. The van der Waals surface area contributed by atoms with Crippen molar-refractivity contribution < 1.29 is 24.3 Å². The molecule has 3 aromatic rings. The molecule has 0 radical (unpaired) electrons. The number of carbonyl (C=O) groups excluding carboxylic acids is 3. The maximum absolute atomic E-state index is 13.7. The van der Waals surface area contributed by atoms with Gasteiger partial charge in [-0.1, -0.05) is 50.2 Å². The number of hydrogen-bond donors (Lipinski definition) is 4. The van der Waals surface area contributed by atoms with Crippen molar-refractivity contribution in [2.75, 3.05) is 0 Å². The van der Waals surface area contributed by atoms with Crippen molar-refractivity contribution >= 4 is 34.6 Å². The van der Waals surface area contributed by atoms with E-state index in [2.05, 4.69) is 15.6 Å². The number of hydrogen-bond acceptors (Lipinski definition) is 4. The number of carboxylic acid groups (broad SMARTS) is 1. The predicted octanol–water partition coefficient (Wildman–Crippen LogP) is 2.37. The SMILES string of the molecule is CC(C)[C@H](NC(=O)[C@@H]1Cc2c([nH]c3ccccc23)C2c3ccccc3C(=O)N21)C(=O)N[C@H](C)C(=O)O. The first kappa shape index (κ1) is 23.6. The van der Waals surface area contributed by atoms with E-state index in [1.165, 1.54) is 6.92 Å². The van der Waals surface area contributed by atoms with Crippen LogP contribution in [0.25, 0.3) is 10.9 Å². The van der Waals surface area contributed by atoms with E-state index in [9.17, 15) is 19.2 Å². The number of benzene rings is 2. The van der Waals surface area contributed by atoms with Crippen molar-refractivity contribution in [3.63, 3.8) is 0 Å². The van der Waals surface area contributed by atoms with Crippen molar-refractivity contribution in [2.24, 2.45) is 5.92 Å². The van der Waals surface area contributed by atoms with Crippen molar-refractivity contribution in [3.05, 3.63) is 70.9 Å². The normalized spacial score (nSPS) is 19.9. The minimum absolute atomic E-state index is 0.231. The van der Waals surface area contributed by atoms with Crippen LogP contribution < -0.4 is 10.6 Å². The fourth-order valence-electron chi connectivity index (χ4n) is 5.29. The molecule has 3 amide bonds. The van der Waals surface area contributed by atoms with Gasteiger partial charge in [-0.3, -0.25) is 19.2 Å². The fourth-order valence-corrected chi connectivity index (χ4v) is 5.29. The van der Waals surface area contributed by atoms with Gasteiger partial charge < -0.3 is 25.6 Å². The molecule has 2 aliphatic heterocycles. The quantitative estimate of drug-likeness (QED) is 0.423. The van der Waals surface area contributed by atoms with Crippen molar-refractivity contribution in [2.45, 2.75) is 51.4 Å². The second-order valence-corrected chi connectivity index (χ2v) is 9.78. The van der Waals surface area contributed by atoms with Crippen LogP contribution in [0.5, 0.6) is 0 Å². The van der Waals surface area contributed by atoms with Gasteiger partial charge in [-0.05, 0) is 36.1 Å². The van der Waals surface area contributed by atoms with Gasteiger partial charge in [0, 0.05) is 28.6 Å². The Balaban J connectivity index is 1.52. The number of carboxylic acids is 1. The lowest BCUT2D eigenvalue weighted by molar-refractivity contribution is -0.142. The maximum Gasteiger partial charge on any atom is 0.325 e. The average molecular weight is 489 g/mol. The number of aromatic nitrogens is 1. The van der Waals surface area contributed by atoms with Crippen LogP contribution >= 0.6 is 0 Å². The molecule has 1 unspecified atom stereocenters. The van der Waals surface area contributed by atoms with E-state index in [4.69, 9.17) is 5.11 Å². The number of aliphatic carboxylic acids is 1. The molecule has 1 aromatic heterocycles. The molecule has 0 fully saturated rings. The zero-order valence-electron chi connectivity index (χ0n) is 20.2. The average Bonchev–Trinajstić information content (AvgIpc) is 3.37. The summed E-state index contributed by atoms with van der Waals surface area (Å²) in [5.74, 6) is -2.73. The third-order valence-corrected chi connectivity index (χ3v) is 7.13. The summed E-state index contributed by atoms with van der Waals surface area (Å²) in [5.41, 5.74) is 4.19. The lowest BCUT2D eigenvalue weighted by Gasteiger charge is -2.38. The molecular formula is C27H28N4O5. The number of fused-ring (bicyclic) bond motifs is 7. The molecule has 3 heterocycles. The first-order valence-corrected chi connectivity index (χ1v) is 12.0. The minimum atomic E-state index is -1.17. The molecule has 2 aromatic carbocycles. The monoisotopic (exact) mass is 488 g/mol. The Morgan fingerprint density at radius 1 is 1.03 bits per heavy atom. The number of rotatable bonds is 6. The highest BCUT2D eigenvalue weighted by atomic mass is 16.4. The van der Waals surface area contributed by atoms with Crippen molar-refractivity contribution in [3.8, 4) is 0 Å². The second-order valence-electron chi connectivity index (χ2n) is 9.78. The summed E-state index contributed by atoms with van der Waals surface area (Å²) in [6, 6.07) is 11.9. The van der Waals surface area contributed by atoms with Crippen LogP contribution in [0.1, 0.15) is 54.0 Å². The van der Waals surface area contributed by atoms with E-state index in [-0.39, 0.29) is 11.8 Å². The summed E-state index contributed by atoms with van der Waals surface area (Å²) in [6.07, 6.45) is 0.291. The van der Waals surface area contributed by atoms with Gasteiger partial charge in [-0.2, -0.15) is 0 Å². The van der Waals surface area contributed by atoms with Gasteiger partial charge in [0.1, 0.15) is 18.1 Å². The lowest BCUT2D eigenvalue weighted by atomic mass is 9.89. The first-order chi connectivity index (χ1) is 17.2. The summed E-state index contributed by atoms with van der Waals surface area (Å²) in [5, 5.41) is 15.4. The molecule has 36 heavy (non-hydrogen) atoms. The van der Waals surface area contributed by atoms with E-state index in [0.29, 0.717) is 12.0 Å². The van der Waals surface area contributed by atoms with Gasteiger partial charge in [-0.25, -0.2) is 0 Å². The standard InChI is InChI=1S/C27H28N4O5/c1-13(2)21(25(33)28-14(3)27(35)36)30-24(32)20-12-18-15-8-6-7-11-19(15)29-22(18)23-16-9-4-5-10-17(16)26(34)31(20)23/h4-11,13-14,20-21,23,29H,12H2,1-3H3,(H,28,33)(H,30,32)(H,35,36)/t14-,20+,21+,23?/m1/s1.